The molecule has 0 heterocycles. The molecule has 0 heteroatoms. The minimum absolute atomic E-state index is 0.340. The number of hydrogen-bond acceptors (Lipinski definition) is 0. The lowest BCUT2D eigenvalue weighted by molar-refractivity contribution is 1.02. The van der Waals surface area contributed by atoms with Gasteiger partial charge in [-0.05, 0) is 50.7 Å². The Morgan fingerprint density at radius 2 is 1.13 bits per heavy atom. The van der Waals surface area contributed by atoms with Gasteiger partial charge in [0.15, 0.2) is 0 Å². The molecule has 4 aromatic rings. The maximum Gasteiger partial charge on any atom is 0.0352 e. The number of rotatable bonds is 1. The number of hydrogen-bond donors (Lipinski definition) is 0. The molecule has 1 unspecified atom stereocenters. The van der Waals surface area contributed by atoms with Gasteiger partial charge in [0, 0.05) is 5.92 Å². The molecule has 1 atom stereocenters. The first-order chi connectivity index (χ1) is 11.4. The van der Waals surface area contributed by atoms with Crippen molar-refractivity contribution < 1.29 is 0 Å². The van der Waals surface area contributed by atoms with Gasteiger partial charge < -0.3 is 0 Å². The SMILES string of the molecule is c1ccc(C2c3ccccc3-c3cc4ccccc4cc32)cc1. The van der Waals surface area contributed by atoms with Gasteiger partial charge in [-0.25, -0.2) is 0 Å². The molecule has 0 radical (unpaired) electrons. The van der Waals surface area contributed by atoms with Crippen molar-refractivity contribution in [3.63, 3.8) is 0 Å². The van der Waals surface area contributed by atoms with Crippen LogP contribution in [0.3, 0.4) is 0 Å². The van der Waals surface area contributed by atoms with Crippen LogP contribution < -0.4 is 0 Å². The van der Waals surface area contributed by atoms with Crippen LogP contribution >= 0.6 is 0 Å². The fourth-order valence-corrected chi connectivity index (χ4v) is 3.90. The lowest BCUT2D eigenvalue weighted by atomic mass is 9.88. The van der Waals surface area contributed by atoms with Crippen molar-refractivity contribution in [2.24, 2.45) is 0 Å². The molecule has 0 nitrogen and oxygen atoms in total. The maximum absolute atomic E-state index is 2.38. The van der Waals surface area contributed by atoms with Gasteiger partial charge in [-0.3, -0.25) is 0 Å². The van der Waals surface area contributed by atoms with Gasteiger partial charge >= 0.3 is 0 Å². The topological polar surface area (TPSA) is 0 Å². The largest absolute Gasteiger partial charge is 0.0622 e. The van der Waals surface area contributed by atoms with Gasteiger partial charge in [-0.2, -0.15) is 0 Å². The molecule has 0 fully saturated rings. The molecular formula is C23H16. The molecule has 0 saturated heterocycles. The molecule has 0 aromatic heterocycles. The second-order valence-electron chi connectivity index (χ2n) is 6.22. The second kappa shape index (κ2) is 4.82. The highest BCUT2D eigenvalue weighted by atomic mass is 14.3. The van der Waals surface area contributed by atoms with E-state index in [0.717, 1.165) is 0 Å². The van der Waals surface area contributed by atoms with Crippen LogP contribution in [0.5, 0.6) is 0 Å². The molecule has 1 aliphatic rings. The van der Waals surface area contributed by atoms with E-state index in [9.17, 15) is 0 Å². The Hall–Kier alpha value is -2.86. The fourth-order valence-electron chi connectivity index (χ4n) is 3.90. The van der Waals surface area contributed by atoms with E-state index in [0.29, 0.717) is 5.92 Å². The van der Waals surface area contributed by atoms with Gasteiger partial charge in [0.05, 0.1) is 0 Å². The first-order valence-corrected chi connectivity index (χ1v) is 8.09. The summed E-state index contributed by atoms with van der Waals surface area (Å²) in [6, 6.07) is 33.0. The highest BCUT2D eigenvalue weighted by molar-refractivity contribution is 5.93. The first-order valence-electron chi connectivity index (χ1n) is 8.09. The van der Waals surface area contributed by atoms with Crippen LogP contribution in [-0.4, -0.2) is 0 Å². The highest BCUT2D eigenvalue weighted by Gasteiger charge is 2.29. The van der Waals surface area contributed by atoms with Crippen LogP contribution in [-0.2, 0) is 0 Å². The standard InChI is InChI=1S/C23H16/c1-2-8-16(9-3-1)23-20-13-7-6-12-19(20)21-14-17-10-4-5-11-18(17)15-22(21)23/h1-15,23H. The summed E-state index contributed by atoms with van der Waals surface area (Å²) < 4.78 is 0. The van der Waals surface area contributed by atoms with Gasteiger partial charge in [0.2, 0.25) is 0 Å². The van der Waals surface area contributed by atoms with Crippen molar-refractivity contribution >= 4 is 10.8 Å². The third-order valence-electron chi connectivity index (χ3n) is 4.92. The Labute approximate surface area is 136 Å². The zero-order valence-electron chi connectivity index (χ0n) is 12.7. The summed E-state index contributed by atoms with van der Waals surface area (Å²) >= 11 is 0. The van der Waals surface area contributed by atoms with E-state index >= 15 is 0 Å². The summed E-state index contributed by atoms with van der Waals surface area (Å²) in [5.74, 6) is 0.340. The van der Waals surface area contributed by atoms with Crippen LogP contribution in [0.2, 0.25) is 0 Å². The van der Waals surface area contributed by atoms with E-state index in [2.05, 4.69) is 91.0 Å². The van der Waals surface area contributed by atoms with Crippen LogP contribution in [0.15, 0.2) is 91.0 Å². The molecule has 0 saturated carbocycles. The highest BCUT2D eigenvalue weighted by Crippen LogP contribution is 2.48. The summed E-state index contributed by atoms with van der Waals surface area (Å²) in [5.41, 5.74) is 6.98. The molecule has 0 amide bonds. The predicted molar refractivity (Wildman–Crippen MR) is 96.8 cm³/mol. The van der Waals surface area contributed by atoms with Crippen molar-refractivity contribution in [1.29, 1.82) is 0 Å². The first kappa shape index (κ1) is 12.7. The summed E-state index contributed by atoms with van der Waals surface area (Å²) in [6.45, 7) is 0. The minimum Gasteiger partial charge on any atom is -0.0622 e. The average molecular weight is 292 g/mol. The van der Waals surface area contributed by atoms with Crippen LogP contribution in [0.25, 0.3) is 21.9 Å². The van der Waals surface area contributed by atoms with Crippen molar-refractivity contribution in [2.45, 2.75) is 5.92 Å². The fraction of sp³-hybridized carbons (Fsp3) is 0.0435. The molecule has 4 aromatic carbocycles. The second-order valence-corrected chi connectivity index (χ2v) is 6.22. The van der Waals surface area contributed by atoms with E-state index in [1.54, 1.807) is 0 Å². The predicted octanol–water partition coefficient (Wildman–Crippen LogP) is 6.00. The smallest absolute Gasteiger partial charge is 0.0352 e. The van der Waals surface area contributed by atoms with Crippen molar-refractivity contribution in [2.75, 3.05) is 0 Å². The molecule has 0 bridgehead atoms. The van der Waals surface area contributed by atoms with E-state index < -0.39 is 0 Å². The van der Waals surface area contributed by atoms with Gasteiger partial charge in [0.1, 0.15) is 0 Å². The molecule has 1 aliphatic carbocycles. The van der Waals surface area contributed by atoms with Gasteiger partial charge in [-0.15, -0.1) is 0 Å². The van der Waals surface area contributed by atoms with Gasteiger partial charge in [-0.1, -0.05) is 78.9 Å². The Morgan fingerprint density at radius 3 is 1.96 bits per heavy atom. The van der Waals surface area contributed by atoms with Crippen molar-refractivity contribution in [1.82, 2.24) is 0 Å². The molecule has 0 aliphatic heterocycles. The van der Waals surface area contributed by atoms with Crippen LogP contribution in [0.1, 0.15) is 22.6 Å². The Kier molecular flexibility index (Phi) is 2.65. The third kappa shape index (κ3) is 1.85. The zero-order chi connectivity index (χ0) is 15.2. The van der Waals surface area contributed by atoms with Crippen LogP contribution in [0.4, 0.5) is 0 Å². The molecule has 108 valence electrons. The monoisotopic (exact) mass is 292 g/mol. The molecule has 0 N–H and O–H groups in total. The Bertz CT molecular complexity index is 1010. The molecule has 23 heavy (non-hydrogen) atoms. The normalized spacial score (nSPS) is 15.4. The quantitative estimate of drug-likeness (QED) is 0.355. The van der Waals surface area contributed by atoms with E-state index in [1.807, 2.05) is 0 Å². The van der Waals surface area contributed by atoms with Crippen molar-refractivity contribution in [3.05, 3.63) is 108 Å². The number of benzene rings is 4. The summed E-state index contributed by atoms with van der Waals surface area (Å²) in [7, 11) is 0. The summed E-state index contributed by atoms with van der Waals surface area (Å²) in [4.78, 5) is 0. The molecular weight excluding hydrogens is 276 g/mol. The van der Waals surface area contributed by atoms with Crippen LogP contribution in [0, 0.1) is 0 Å². The maximum atomic E-state index is 2.38. The summed E-state index contributed by atoms with van der Waals surface area (Å²) in [5, 5.41) is 2.63. The number of fused-ring (bicyclic) bond motifs is 4. The van der Waals surface area contributed by atoms with Crippen molar-refractivity contribution in [3.8, 4) is 11.1 Å². The lowest BCUT2D eigenvalue weighted by Crippen LogP contribution is -1.98. The lowest BCUT2D eigenvalue weighted by Gasteiger charge is -2.14. The third-order valence-corrected chi connectivity index (χ3v) is 4.92. The zero-order valence-corrected chi connectivity index (χ0v) is 12.7. The Balaban J connectivity index is 1.86. The Morgan fingerprint density at radius 1 is 0.478 bits per heavy atom. The van der Waals surface area contributed by atoms with Gasteiger partial charge in [0.25, 0.3) is 0 Å². The molecule has 5 rings (SSSR count). The average Bonchev–Trinajstić information content (AvgIpc) is 2.94. The minimum atomic E-state index is 0.340. The summed E-state index contributed by atoms with van der Waals surface area (Å²) in [6.07, 6.45) is 0. The van der Waals surface area contributed by atoms with E-state index in [4.69, 9.17) is 0 Å². The van der Waals surface area contributed by atoms with E-state index in [1.165, 1.54) is 38.6 Å². The van der Waals surface area contributed by atoms with E-state index in [-0.39, 0.29) is 0 Å². The molecule has 0 spiro atoms.